The standard InChI is InChI=1S/C6H4O4S.Li.H/c7-5(8)3-1-2-4(11-3)6(9)10;;/h1-2H,(H,7,8)(H,9,10);;/q;+1;-1. The van der Waals surface area contributed by atoms with Gasteiger partial charge in [0.05, 0.1) is 0 Å². The largest absolute Gasteiger partial charge is 1.00 e. The van der Waals surface area contributed by atoms with Gasteiger partial charge >= 0.3 is 30.8 Å². The monoisotopic (exact) mass is 180 g/mol. The molecule has 12 heavy (non-hydrogen) atoms. The van der Waals surface area contributed by atoms with E-state index in [1.807, 2.05) is 0 Å². The Morgan fingerprint density at radius 3 is 1.67 bits per heavy atom. The van der Waals surface area contributed by atoms with Crippen molar-refractivity contribution < 1.29 is 40.1 Å². The van der Waals surface area contributed by atoms with E-state index in [0.717, 1.165) is 11.3 Å². The maximum absolute atomic E-state index is 10.3. The second kappa shape index (κ2) is 4.31. The fourth-order valence-electron chi connectivity index (χ4n) is 0.568. The summed E-state index contributed by atoms with van der Waals surface area (Å²) in [5, 5.41) is 16.8. The third kappa shape index (κ3) is 2.38. The first kappa shape index (κ1) is 11.2. The van der Waals surface area contributed by atoms with Crippen molar-refractivity contribution in [2.75, 3.05) is 0 Å². The van der Waals surface area contributed by atoms with Crippen molar-refractivity contribution in [3.05, 3.63) is 21.9 Å². The second-order valence-electron chi connectivity index (χ2n) is 1.77. The van der Waals surface area contributed by atoms with Crippen LogP contribution in [0, 0.1) is 0 Å². The summed E-state index contributed by atoms with van der Waals surface area (Å²) in [6.45, 7) is 0. The zero-order valence-electron chi connectivity index (χ0n) is 7.27. The quantitative estimate of drug-likeness (QED) is 0.530. The molecule has 0 saturated carbocycles. The summed E-state index contributed by atoms with van der Waals surface area (Å²) in [6, 6.07) is 2.55. The van der Waals surface area contributed by atoms with E-state index in [4.69, 9.17) is 10.2 Å². The molecule has 0 unspecified atom stereocenters. The van der Waals surface area contributed by atoms with Gasteiger partial charge in [0.2, 0.25) is 0 Å². The Morgan fingerprint density at radius 1 is 1.17 bits per heavy atom. The van der Waals surface area contributed by atoms with Gasteiger partial charge in [0.15, 0.2) is 0 Å². The molecule has 0 saturated heterocycles. The predicted octanol–water partition coefficient (Wildman–Crippen LogP) is -1.74. The van der Waals surface area contributed by atoms with Gasteiger partial charge in [-0.05, 0) is 12.1 Å². The van der Waals surface area contributed by atoms with E-state index >= 15 is 0 Å². The van der Waals surface area contributed by atoms with Crippen LogP contribution in [-0.4, -0.2) is 22.2 Å². The third-order valence-corrected chi connectivity index (χ3v) is 2.09. The van der Waals surface area contributed by atoms with Crippen molar-refractivity contribution in [2.24, 2.45) is 0 Å². The van der Waals surface area contributed by atoms with E-state index in [1.54, 1.807) is 0 Å². The molecule has 60 valence electrons. The number of aromatic carboxylic acids is 2. The third-order valence-electron chi connectivity index (χ3n) is 1.03. The molecule has 4 nitrogen and oxygen atoms in total. The molecule has 0 aromatic carbocycles. The molecule has 1 heterocycles. The molecule has 0 fully saturated rings. The zero-order valence-corrected chi connectivity index (χ0v) is 7.09. The fourth-order valence-corrected chi connectivity index (χ4v) is 1.25. The molecule has 0 spiro atoms. The molecule has 1 rings (SSSR count). The van der Waals surface area contributed by atoms with Gasteiger partial charge < -0.3 is 11.6 Å². The Morgan fingerprint density at radius 2 is 1.50 bits per heavy atom. The molecule has 0 radical (unpaired) electrons. The molecule has 0 atom stereocenters. The van der Waals surface area contributed by atoms with Crippen LogP contribution in [-0.2, 0) is 0 Å². The summed E-state index contributed by atoms with van der Waals surface area (Å²) in [7, 11) is 0. The molecule has 0 aliphatic rings. The Labute approximate surface area is 85.5 Å². The minimum Gasteiger partial charge on any atom is -1.00 e. The average molecular weight is 180 g/mol. The van der Waals surface area contributed by atoms with Gasteiger partial charge in [0.1, 0.15) is 9.75 Å². The molecule has 1 aromatic heterocycles. The van der Waals surface area contributed by atoms with Crippen LogP contribution in [0.3, 0.4) is 0 Å². The van der Waals surface area contributed by atoms with Crippen LogP contribution in [0.1, 0.15) is 20.8 Å². The van der Waals surface area contributed by atoms with Gasteiger partial charge in [-0.15, -0.1) is 11.3 Å². The molecule has 1 aromatic rings. The first-order valence-corrected chi connectivity index (χ1v) is 3.49. The Bertz CT molecular complexity index is 283. The van der Waals surface area contributed by atoms with Crippen LogP contribution >= 0.6 is 11.3 Å². The number of rotatable bonds is 2. The smallest absolute Gasteiger partial charge is 1.00 e. The summed E-state index contributed by atoms with van der Waals surface area (Å²) < 4.78 is 0. The van der Waals surface area contributed by atoms with Crippen molar-refractivity contribution in [1.29, 1.82) is 0 Å². The topological polar surface area (TPSA) is 74.6 Å². The van der Waals surface area contributed by atoms with Crippen LogP contribution in [0.4, 0.5) is 0 Å². The number of carbonyl (C=O) groups is 2. The van der Waals surface area contributed by atoms with E-state index in [1.165, 1.54) is 12.1 Å². The Hall–Kier alpha value is -0.763. The van der Waals surface area contributed by atoms with Gasteiger partial charge in [0, 0.05) is 0 Å². The van der Waals surface area contributed by atoms with Crippen molar-refractivity contribution in [2.45, 2.75) is 0 Å². The number of carboxylic acid groups (broad SMARTS) is 2. The maximum Gasteiger partial charge on any atom is 1.00 e. The summed E-state index contributed by atoms with van der Waals surface area (Å²) in [6.07, 6.45) is 0. The Balaban J connectivity index is 0. The van der Waals surface area contributed by atoms with E-state index in [9.17, 15) is 9.59 Å². The van der Waals surface area contributed by atoms with Gasteiger partial charge in [-0.1, -0.05) is 0 Å². The van der Waals surface area contributed by atoms with Crippen LogP contribution in [0.2, 0.25) is 0 Å². The number of thiophene rings is 1. The molecule has 6 heteroatoms. The first-order chi connectivity index (χ1) is 5.11. The Kier molecular flexibility index (Phi) is 4.04. The SMILES string of the molecule is O=C(O)c1ccc(C(=O)O)s1.[H-].[Li+]. The molecule has 0 bridgehead atoms. The summed E-state index contributed by atoms with van der Waals surface area (Å²) >= 11 is 0.750. The summed E-state index contributed by atoms with van der Waals surface area (Å²) in [4.78, 5) is 20.6. The predicted molar refractivity (Wildman–Crippen MR) is 39.3 cm³/mol. The second-order valence-corrected chi connectivity index (χ2v) is 2.86. The van der Waals surface area contributed by atoms with Crippen LogP contribution < -0.4 is 18.9 Å². The number of hydrogen-bond donors (Lipinski definition) is 2. The van der Waals surface area contributed by atoms with E-state index < -0.39 is 11.9 Å². The van der Waals surface area contributed by atoms with Crippen molar-refractivity contribution >= 4 is 23.3 Å². The normalized spacial score (nSPS) is 8.67. The molecular weight excluding hydrogens is 175 g/mol. The average Bonchev–Trinajstić information content (AvgIpc) is 2.33. The summed E-state index contributed by atoms with van der Waals surface area (Å²) in [5.74, 6) is -2.19. The van der Waals surface area contributed by atoms with Crippen molar-refractivity contribution in [3.8, 4) is 0 Å². The minimum atomic E-state index is -1.09. The maximum atomic E-state index is 10.3. The van der Waals surface area contributed by atoms with Crippen molar-refractivity contribution in [3.63, 3.8) is 0 Å². The van der Waals surface area contributed by atoms with Gasteiger partial charge in [0.25, 0.3) is 0 Å². The van der Waals surface area contributed by atoms with Crippen LogP contribution in [0.25, 0.3) is 0 Å². The van der Waals surface area contributed by atoms with Gasteiger partial charge in [-0.2, -0.15) is 0 Å². The molecular formula is C6H5LiO4S. The molecule has 2 N–H and O–H groups in total. The van der Waals surface area contributed by atoms with Crippen LogP contribution in [0.15, 0.2) is 12.1 Å². The molecule has 0 amide bonds. The van der Waals surface area contributed by atoms with Gasteiger partial charge in [-0.3, -0.25) is 0 Å². The van der Waals surface area contributed by atoms with E-state index in [0.29, 0.717) is 0 Å². The molecule has 0 aliphatic carbocycles. The molecule has 0 aliphatic heterocycles. The van der Waals surface area contributed by atoms with E-state index in [2.05, 4.69) is 0 Å². The minimum absolute atomic E-state index is 0. The van der Waals surface area contributed by atoms with Crippen LogP contribution in [0.5, 0.6) is 0 Å². The number of hydrogen-bond acceptors (Lipinski definition) is 3. The van der Waals surface area contributed by atoms with E-state index in [-0.39, 0.29) is 30.0 Å². The first-order valence-electron chi connectivity index (χ1n) is 2.67. The zero-order chi connectivity index (χ0) is 8.43. The number of carboxylic acids is 2. The summed E-state index contributed by atoms with van der Waals surface area (Å²) in [5.41, 5.74) is 0. The van der Waals surface area contributed by atoms with Gasteiger partial charge in [-0.25, -0.2) is 9.59 Å². The van der Waals surface area contributed by atoms with Crippen molar-refractivity contribution in [1.82, 2.24) is 0 Å². The fraction of sp³-hybridized carbons (Fsp3) is 0.